The summed E-state index contributed by atoms with van der Waals surface area (Å²) in [4.78, 5) is 35.3. The number of carbonyl (C=O) groups is 2. The minimum absolute atomic E-state index is 0.230. The van der Waals surface area contributed by atoms with Gasteiger partial charge in [-0.25, -0.2) is 4.79 Å². The maximum atomic E-state index is 12.4. The van der Waals surface area contributed by atoms with Crippen LogP contribution in [0.25, 0.3) is 5.69 Å². The van der Waals surface area contributed by atoms with E-state index < -0.39 is 17.1 Å². The topological polar surface area (TPSA) is 76.4 Å². The van der Waals surface area contributed by atoms with Gasteiger partial charge in [-0.1, -0.05) is 12.1 Å². The van der Waals surface area contributed by atoms with Gasteiger partial charge in [-0.05, 0) is 44.5 Å². The lowest BCUT2D eigenvalue weighted by Gasteiger charge is -2.14. The number of Topliss-reactive ketones (excluding diaryl/α,β-unsaturated/α-hetero) is 1. The Morgan fingerprint density at radius 3 is 2.29 bits per heavy atom. The predicted molar refractivity (Wildman–Crippen MR) is 78.5 cm³/mol. The number of ketones is 1. The lowest BCUT2D eigenvalue weighted by Crippen LogP contribution is -2.28. The number of pyridine rings is 1. The third-order valence-electron chi connectivity index (χ3n) is 3.32. The molecule has 2 aromatic rings. The molecule has 5 heteroatoms. The molecule has 1 heterocycles. The Bertz CT molecular complexity index is 802. The maximum Gasteiger partial charge on any atom is 0.341 e. The molecule has 0 bridgehead atoms. The molecule has 21 heavy (non-hydrogen) atoms. The molecule has 1 aromatic carbocycles. The van der Waals surface area contributed by atoms with Crippen molar-refractivity contribution in [3.63, 3.8) is 0 Å². The van der Waals surface area contributed by atoms with E-state index in [9.17, 15) is 14.4 Å². The fourth-order valence-electron chi connectivity index (χ4n) is 2.29. The van der Waals surface area contributed by atoms with Gasteiger partial charge in [0, 0.05) is 16.9 Å². The fourth-order valence-corrected chi connectivity index (χ4v) is 2.29. The van der Waals surface area contributed by atoms with Crippen LogP contribution in [0.1, 0.15) is 38.9 Å². The second kappa shape index (κ2) is 5.36. The monoisotopic (exact) mass is 285 g/mol. The summed E-state index contributed by atoms with van der Waals surface area (Å²) in [5.41, 5.74) is 1.09. The summed E-state index contributed by atoms with van der Waals surface area (Å²) < 4.78 is 1.27. The number of benzene rings is 1. The van der Waals surface area contributed by atoms with Crippen LogP contribution in [0.2, 0.25) is 0 Å². The quantitative estimate of drug-likeness (QED) is 0.878. The van der Waals surface area contributed by atoms with Crippen LogP contribution in [0.5, 0.6) is 0 Å². The van der Waals surface area contributed by atoms with Crippen molar-refractivity contribution < 1.29 is 14.7 Å². The highest BCUT2D eigenvalue weighted by molar-refractivity contribution is 5.98. The van der Waals surface area contributed by atoms with E-state index in [1.165, 1.54) is 11.5 Å². The van der Waals surface area contributed by atoms with Crippen molar-refractivity contribution >= 4 is 11.8 Å². The van der Waals surface area contributed by atoms with Crippen LogP contribution in [0.4, 0.5) is 0 Å². The number of carboxylic acid groups (broad SMARTS) is 1. The average molecular weight is 285 g/mol. The number of rotatable bonds is 3. The number of aromatic carboxylic acids is 1. The molecule has 0 radical (unpaired) electrons. The molecule has 0 amide bonds. The minimum Gasteiger partial charge on any atom is -0.477 e. The minimum atomic E-state index is -1.34. The number of carbonyl (C=O) groups excluding carboxylic acids is 1. The van der Waals surface area contributed by atoms with E-state index in [0.717, 1.165) is 11.6 Å². The van der Waals surface area contributed by atoms with Crippen LogP contribution >= 0.6 is 0 Å². The van der Waals surface area contributed by atoms with E-state index >= 15 is 0 Å². The molecule has 2 rings (SSSR count). The number of hydrogen-bond acceptors (Lipinski definition) is 3. The van der Waals surface area contributed by atoms with Gasteiger partial charge in [0.05, 0.1) is 0 Å². The molecule has 108 valence electrons. The van der Waals surface area contributed by atoms with Crippen molar-refractivity contribution in [2.24, 2.45) is 0 Å². The molecule has 0 unspecified atom stereocenters. The summed E-state index contributed by atoms with van der Waals surface area (Å²) in [7, 11) is 0. The highest BCUT2D eigenvalue weighted by Gasteiger charge is 2.19. The third-order valence-corrected chi connectivity index (χ3v) is 3.32. The number of nitrogens with zero attached hydrogens (tertiary/aromatic N) is 1. The number of aromatic nitrogens is 1. The standard InChI is InChI=1S/C16H15NO4/c1-9-5-4-6-12(7-9)17-10(2)13(11(3)18)8-14(15(17)19)16(20)21/h4-8H,1-3H3,(H,20,21). The Kier molecular flexibility index (Phi) is 3.76. The molecule has 0 spiro atoms. The van der Waals surface area contributed by atoms with Crippen molar-refractivity contribution in [1.29, 1.82) is 0 Å². The lowest BCUT2D eigenvalue weighted by molar-refractivity contribution is 0.0694. The average Bonchev–Trinajstić information content (AvgIpc) is 2.38. The first-order valence-electron chi connectivity index (χ1n) is 6.41. The van der Waals surface area contributed by atoms with Gasteiger partial charge in [-0.15, -0.1) is 0 Å². The molecule has 0 saturated heterocycles. The van der Waals surface area contributed by atoms with Gasteiger partial charge >= 0.3 is 5.97 Å². The Balaban J connectivity index is 2.90. The van der Waals surface area contributed by atoms with Crippen molar-refractivity contribution in [3.8, 4) is 5.69 Å². The largest absolute Gasteiger partial charge is 0.477 e. The van der Waals surface area contributed by atoms with Crippen LogP contribution in [0.15, 0.2) is 35.1 Å². The van der Waals surface area contributed by atoms with Crippen molar-refractivity contribution in [2.45, 2.75) is 20.8 Å². The van der Waals surface area contributed by atoms with Crippen molar-refractivity contribution in [1.82, 2.24) is 4.57 Å². The summed E-state index contributed by atoms with van der Waals surface area (Å²) in [6, 6.07) is 8.27. The molecule has 5 nitrogen and oxygen atoms in total. The van der Waals surface area contributed by atoms with Crippen LogP contribution in [-0.2, 0) is 0 Å². The van der Waals surface area contributed by atoms with Crippen LogP contribution in [0.3, 0.4) is 0 Å². The normalized spacial score (nSPS) is 10.4. The Hall–Kier alpha value is -2.69. The highest BCUT2D eigenvalue weighted by atomic mass is 16.4. The Labute approximate surface area is 121 Å². The molecular formula is C16H15NO4. The lowest BCUT2D eigenvalue weighted by atomic mass is 10.1. The summed E-state index contributed by atoms with van der Waals surface area (Å²) in [6.07, 6.45) is 0. The van der Waals surface area contributed by atoms with Gasteiger partial charge in [0.15, 0.2) is 5.78 Å². The molecule has 0 aliphatic rings. The molecule has 1 N–H and O–H groups in total. The first-order chi connectivity index (χ1) is 9.82. The molecule has 0 aliphatic carbocycles. The van der Waals surface area contributed by atoms with E-state index in [0.29, 0.717) is 11.4 Å². The van der Waals surface area contributed by atoms with Gasteiger partial charge < -0.3 is 5.11 Å². The Morgan fingerprint density at radius 2 is 1.76 bits per heavy atom. The molecule has 0 atom stereocenters. The van der Waals surface area contributed by atoms with E-state index in [1.54, 1.807) is 25.1 Å². The highest BCUT2D eigenvalue weighted by Crippen LogP contribution is 2.15. The summed E-state index contributed by atoms with van der Waals surface area (Å²) in [5.74, 6) is -1.62. The second-order valence-corrected chi connectivity index (χ2v) is 4.90. The van der Waals surface area contributed by atoms with Crippen LogP contribution < -0.4 is 5.56 Å². The van der Waals surface area contributed by atoms with Gasteiger partial charge in [0.1, 0.15) is 5.56 Å². The van der Waals surface area contributed by atoms with Gasteiger partial charge in [0.2, 0.25) is 0 Å². The summed E-state index contributed by atoms with van der Waals surface area (Å²) in [6.45, 7) is 4.85. The Morgan fingerprint density at radius 1 is 1.10 bits per heavy atom. The first-order valence-corrected chi connectivity index (χ1v) is 6.41. The van der Waals surface area contributed by atoms with E-state index in [2.05, 4.69) is 0 Å². The number of carboxylic acids is 1. The van der Waals surface area contributed by atoms with Crippen LogP contribution in [0, 0.1) is 13.8 Å². The summed E-state index contributed by atoms with van der Waals surface area (Å²) in [5, 5.41) is 9.16. The third kappa shape index (κ3) is 2.63. The van der Waals surface area contributed by atoms with Gasteiger partial charge in [-0.2, -0.15) is 0 Å². The van der Waals surface area contributed by atoms with Crippen LogP contribution in [-0.4, -0.2) is 21.4 Å². The van der Waals surface area contributed by atoms with Gasteiger partial charge in [0.25, 0.3) is 5.56 Å². The van der Waals surface area contributed by atoms with Gasteiger partial charge in [-0.3, -0.25) is 14.2 Å². The maximum absolute atomic E-state index is 12.4. The predicted octanol–water partition coefficient (Wildman–Crippen LogP) is 2.36. The first kappa shape index (κ1) is 14.7. The number of hydrogen-bond donors (Lipinski definition) is 1. The smallest absolute Gasteiger partial charge is 0.341 e. The SMILES string of the molecule is CC(=O)c1cc(C(=O)O)c(=O)n(-c2cccc(C)c2)c1C. The fraction of sp³-hybridized carbons (Fsp3) is 0.188. The molecular weight excluding hydrogens is 270 g/mol. The zero-order valence-corrected chi connectivity index (χ0v) is 12.0. The zero-order valence-electron chi connectivity index (χ0n) is 12.0. The van der Waals surface area contributed by atoms with E-state index in [-0.39, 0.29) is 11.3 Å². The molecule has 0 fully saturated rings. The van der Waals surface area contributed by atoms with Crippen molar-refractivity contribution in [2.75, 3.05) is 0 Å². The van der Waals surface area contributed by atoms with E-state index in [1.807, 2.05) is 13.0 Å². The van der Waals surface area contributed by atoms with Crippen molar-refractivity contribution in [3.05, 3.63) is 63.1 Å². The molecule has 0 saturated carbocycles. The molecule has 1 aromatic heterocycles. The second-order valence-electron chi connectivity index (χ2n) is 4.90. The molecule has 0 aliphatic heterocycles. The number of aryl methyl sites for hydroxylation is 1. The zero-order chi connectivity index (χ0) is 15.7. The summed E-state index contributed by atoms with van der Waals surface area (Å²) >= 11 is 0. The van der Waals surface area contributed by atoms with E-state index in [4.69, 9.17) is 5.11 Å².